The Morgan fingerprint density at radius 3 is 2.83 bits per heavy atom. The van der Waals surface area contributed by atoms with Crippen molar-refractivity contribution >= 4 is 11.6 Å². The first-order chi connectivity index (χ1) is 8.61. The molecule has 0 aliphatic heterocycles. The molecule has 0 unspecified atom stereocenters. The summed E-state index contributed by atoms with van der Waals surface area (Å²) in [5.74, 6) is 0.203. The average Bonchev–Trinajstić information content (AvgIpc) is 2.72. The lowest BCUT2D eigenvalue weighted by Crippen LogP contribution is -2.08. The van der Waals surface area contributed by atoms with Gasteiger partial charge >= 0.3 is 0 Å². The number of benzene rings is 1. The smallest absolute Gasteiger partial charge is 0.186 e. The Morgan fingerprint density at radius 1 is 1.44 bits per heavy atom. The molecular formula is C13H13ClN4. The second-order valence-electron chi connectivity index (χ2n) is 4.38. The predicted molar refractivity (Wildman–Crippen MR) is 69.4 cm³/mol. The van der Waals surface area contributed by atoms with Crippen molar-refractivity contribution in [3.63, 3.8) is 0 Å². The SMILES string of the molecule is CC(C)c1c(C#N)nnn1Cc1cccc(Cl)c1. The molecule has 4 nitrogen and oxygen atoms in total. The summed E-state index contributed by atoms with van der Waals surface area (Å²) < 4.78 is 1.76. The van der Waals surface area contributed by atoms with Gasteiger partial charge in [-0.2, -0.15) is 5.26 Å². The maximum absolute atomic E-state index is 9.00. The van der Waals surface area contributed by atoms with E-state index in [0.717, 1.165) is 11.3 Å². The zero-order valence-electron chi connectivity index (χ0n) is 10.3. The zero-order chi connectivity index (χ0) is 13.1. The maximum Gasteiger partial charge on any atom is 0.186 e. The van der Waals surface area contributed by atoms with E-state index in [1.807, 2.05) is 38.1 Å². The van der Waals surface area contributed by atoms with Crippen LogP contribution in [-0.4, -0.2) is 15.0 Å². The van der Waals surface area contributed by atoms with Gasteiger partial charge in [0, 0.05) is 5.02 Å². The van der Waals surface area contributed by atoms with Crippen molar-refractivity contribution in [2.75, 3.05) is 0 Å². The van der Waals surface area contributed by atoms with Gasteiger partial charge in [0.25, 0.3) is 0 Å². The predicted octanol–water partition coefficient (Wildman–Crippen LogP) is 2.97. The molecule has 0 fully saturated rings. The van der Waals surface area contributed by atoms with E-state index < -0.39 is 0 Å². The molecule has 0 atom stereocenters. The lowest BCUT2D eigenvalue weighted by atomic mass is 10.1. The monoisotopic (exact) mass is 260 g/mol. The highest BCUT2D eigenvalue weighted by molar-refractivity contribution is 6.30. The molecule has 0 aliphatic carbocycles. The highest BCUT2D eigenvalue weighted by atomic mass is 35.5. The summed E-state index contributed by atoms with van der Waals surface area (Å²) in [6, 6.07) is 9.67. The summed E-state index contributed by atoms with van der Waals surface area (Å²) in [6.07, 6.45) is 0. The summed E-state index contributed by atoms with van der Waals surface area (Å²) in [7, 11) is 0. The van der Waals surface area contributed by atoms with E-state index in [-0.39, 0.29) is 5.92 Å². The number of rotatable bonds is 3. The highest BCUT2D eigenvalue weighted by Gasteiger charge is 2.15. The lowest BCUT2D eigenvalue weighted by Gasteiger charge is -2.09. The molecule has 2 rings (SSSR count). The molecule has 1 heterocycles. The van der Waals surface area contributed by atoms with Gasteiger partial charge in [-0.25, -0.2) is 4.68 Å². The van der Waals surface area contributed by atoms with Gasteiger partial charge in [-0.1, -0.05) is 42.8 Å². The molecule has 1 aromatic heterocycles. The molecular weight excluding hydrogens is 248 g/mol. The Kier molecular flexibility index (Phi) is 3.63. The van der Waals surface area contributed by atoms with Gasteiger partial charge in [0.15, 0.2) is 5.69 Å². The third-order valence-electron chi connectivity index (χ3n) is 2.65. The van der Waals surface area contributed by atoms with Crippen LogP contribution in [0, 0.1) is 11.3 Å². The fraction of sp³-hybridized carbons (Fsp3) is 0.308. The van der Waals surface area contributed by atoms with Gasteiger partial charge in [0.05, 0.1) is 12.2 Å². The summed E-state index contributed by atoms with van der Waals surface area (Å²) in [6.45, 7) is 4.62. The second kappa shape index (κ2) is 5.19. The fourth-order valence-corrected chi connectivity index (χ4v) is 2.11. The van der Waals surface area contributed by atoms with E-state index in [0.29, 0.717) is 17.3 Å². The molecule has 0 saturated carbocycles. The number of aromatic nitrogens is 3. The van der Waals surface area contributed by atoms with Crippen LogP contribution in [0.4, 0.5) is 0 Å². The van der Waals surface area contributed by atoms with E-state index in [9.17, 15) is 0 Å². The summed E-state index contributed by atoms with van der Waals surface area (Å²) >= 11 is 5.95. The van der Waals surface area contributed by atoms with Crippen LogP contribution in [0.5, 0.6) is 0 Å². The van der Waals surface area contributed by atoms with Gasteiger partial charge in [-0.05, 0) is 23.6 Å². The van der Waals surface area contributed by atoms with Gasteiger partial charge in [-0.15, -0.1) is 5.10 Å². The second-order valence-corrected chi connectivity index (χ2v) is 4.81. The number of halogens is 1. The Hall–Kier alpha value is -1.86. The molecule has 0 amide bonds. The number of nitriles is 1. The van der Waals surface area contributed by atoms with Crippen LogP contribution < -0.4 is 0 Å². The summed E-state index contributed by atoms with van der Waals surface area (Å²) in [5, 5.41) is 17.6. The van der Waals surface area contributed by atoms with Crippen molar-refractivity contribution in [3.8, 4) is 6.07 Å². The third-order valence-corrected chi connectivity index (χ3v) is 2.88. The zero-order valence-corrected chi connectivity index (χ0v) is 11.0. The Morgan fingerprint density at radius 2 is 2.22 bits per heavy atom. The fourth-order valence-electron chi connectivity index (χ4n) is 1.90. The Labute approximate surface area is 111 Å². The first-order valence-corrected chi connectivity index (χ1v) is 6.07. The van der Waals surface area contributed by atoms with Crippen molar-refractivity contribution in [1.82, 2.24) is 15.0 Å². The van der Waals surface area contributed by atoms with Crippen LogP contribution in [0.15, 0.2) is 24.3 Å². The van der Waals surface area contributed by atoms with Crippen LogP contribution in [0.25, 0.3) is 0 Å². The molecule has 2 aromatic rings. The lowest BCUT2D eigenvalue weighted by molar-refractivity contribution is 0.598. The average molecular weight is 261 g/mol. The Balaban J connectivity index is 2.35. The van der Waals surface area contributed by atoms with E-state index in [2.05, 4.69) is 16.4 Å². The van der Waals surface area contributed by atoms with Crippen LogP contribution in [-0.2, 0) is 6.54 Å². The number of hydrogen-bond acceptors (Lipinski definition) is 3. The van der Waals surface area contributed by atoms with Gasteiger partial charge in [0.1, 0.15) is 6.07 Å². The van der Waals surface area contributed by atoms with Gasteiger partial charge in [-0.3, -0.25) is 0 Å². The van der Waals surface area contributed by atoms with Crippen LogP contribution in [0.2, 0.25) is 5.02 Å². The van der Waals surface area contributed by atoms with Crippen molar-refractivity contribution in [2.24, 2.45) is 0 Å². The van der Waals surface area contributed by atoms with Crippen LogP contribution >= 0.6 is 11.6 Å². The number of nitrogens with zero attached hydrogens (tertiary/aromatic N) is 4. The minimum atomic E-state index is 0.203. The van der Waals surface area contributed by atoms with Crippen LogP contribution in [0.1, 0.15) is 36.7 Å². The first-order valence-electron chi connectivity index (χ1n) is 5.69. The quantitative estimate of drug-likeness (QED) is 0.853. The molecule has 1 aromatic carbocycles. The standard InChI is InChI=1S/C13H13ClN4/c1-9(2)13-12(7-15)16-17-18(13)8-10-4-3-5-11(14)6-10/h3-6,9H,8H2,1-2H3. The molecule has 92 valence electrons. The minimum Gasteiger partial charge on any atom is -0.243 e. The minimum absolute atomic E-state index is 0.203. The summed E-state index contributed by atoms with van der Waals surface area (Å²) in [5.41, 5.74) is 2.29. The van der Waals surface area contributed by atoms with E-state index in [1.54, 1.807) is 4.68 Å². The highest BCUT2D eigenvalue weighted by Crippen LogP contribution is 2.19. The van der Waals surface area contributed by atoms with Crippen molar-refractivity contribution in [1.29, 1.82) is 5.26 Å². The van der Waals surface area contributed by atoms with Gasteiger partial charge in [0.2, 0.25) is 0 Å². The largest absolute Gasteiger partial charge is 0.243 e. The van der Waals surface area contributed by atoms with Crippen LogP contribution in [0.3, 0.4) is 0 Å². The van der Waals surface area contributed by atoms with E-state index >= 15 is 0 Å². The van der Waals surface area contributed by atoms with Gasteiger partial charge < -0.3 is 0 Å². The molecule has 0 spiro atoms. The van der Waals surface area contributed by atoms with Crippen molar-refractivity contribution in [2.45, 2.75) is 26.3 Å². The topological polar surface area (TPSA) is 54.5 Å². The number of hydrogen-bond donors (Lipinski definition) is 0. The first kappa shape index (κ1) is 12.6. The molecule has 0 bridgehead atoms. The summed E-state index contributed by atoms with van der Waals surface area (Å²) in [4.78, 5) is 0. The normalized spacial score (nSPS) is 10.6. The van der Waals surface area contributed by atoms with E-state index in [4.69, 9.17) is 16.9 Å². The maximum atomic E-state index is 9.00. The molecule has 0 aliphatic rings. The molecule has 18 heavy (non-hydrogen) atoms. The Bertz CT molecular complexity index is 595. The van der Waals surface area contributed by atoms with E-state index in [1.165, 1.54) is 0 Å². The molecule has 0 N–H and O–H groups in total. The van der Waals surface area contributed by atoms with Crippen molar-refractivity contribution < 1.29 is 0 Å². The molecule has 0 radical (unpaired) electrons. The molecule has 5 heteroatoms. The third kappa shape index (κ3) is 2.52. The van der Waals surface area contributed by atoms with Crippen molar-refractivity contribution in [3.05, 3.63) is 46.2 Å². The molecule has 0 saturated heterocycles.